The first-order valence-corrected chi connectivity index (χ1v) is 7.31. The first kappa shape index (κ1) is 16.0. The third-order valence-electron chi connectivity index (χ3n) is 3.17. The van der Waals surface area contributed by atoms with Crippen LogP contribution in [0, 0.1) is 5.82 Å². The largest absolute Gasteiger partial charge is 0.760 e. The molecule has 0 aliphatic carbocycles. The molecule has 0 bridgehead atoms. The molecule has 1 aromatic carbocycles. The summed E-state index contributed by atoms with van der Waals surface area (Å²) in [4.78, 5) is 12.6. The number of nitrogens with two attached hydrogens (primary N) is 1. The van der Waals surface area contributed by atoms with Crippen LogP contribution in [0.5, 0.6) is 0 Å². The lowest BCUT2D eigenvalue weighted by Crippen LogP contribution is -2.31. The summed E-state index contributed by atoms with van der Waals surface area (Å²) in [6, 6.07) is 4.30. The van der Waals surface area contributed by atoms with E-state index in [9.17, 15) is 17.9 Å². The van der Waals surface area contributed by atoms with Gasteiger partial charge in [-0.1, -0.05) is 6.07 Å². The number of carbonyl (C=O) groups is 1. The van der Waals surface area contributed by atoms with Crippen molar-refractivity contribution in [1.82, 2.24) is 4.72 Å². The Labute approximate surface area is 123 Å². The summed E-state index contributed by atoms with van der Waals surface area (Å²) in [5.74, 6) is -0.564. The van der Waals surface area contributed by atoms with E-state index < -0.39 is 23.3 Å². The fourth-order valence-corrected chi connectivity index (χ4v) is 2.39. The summed E-state index contributed by atoms with van der Waals surface area (Å²) in [5, 5.41) is 0. The van der Waals surface area contributed by atoms with Crippen LogP contribution < -0.4 is 15.4 Å². The highest BCUT2D eigenvalue weighted by molar-refractivity contribution is 7.77. The molecule has 0 aromatic heterocycles. The predicted molar refractivity (Wildman–Crippen MR) is 73.3 cm³/mol. The molecule has 2 rings (SSSR count). The molecule has 0 spiro atoms. The minimum absolute atomic E-state index is 0.138. The second-order valence-corrected chi connectivity index (χ2v) is 5.26. The highest BCUT2D eigenvalue weighted by atomic mass is 32.2. The Morgan fingerprint density at radius 1 is 1.62 bits per heavy atom. The molecule has 21 heavy (non-hydrogen) atoms. The molecule has 1 fully saturated rings. The van der Waals surface area contributed by atoms with Crippen molar-refractivity contribution in [2.24, 2.45) is 5.73 Å². The second-order valence-electron chi connectivity index (χ2n) is 4.50. The van der Waals surface area contributed by atoms with E-state index in [-0.39, 0.29) is 24.8 Å². The van der Waals surface area contributed by atoms with Crippen molar-refractivity contribution in [3.05, 3.63) is 29.6 Å². The second kappa shape index (κ2) is 7.05. The lowest BCUT2D eigenvalue weighted by atomic mass is 10.1. The number of rotatable bonds is 6. The van der Waals surface area contributed by atoms with Crippen molar-refractivity contribution in [3.8, 4) is 0 Å². The molecule has 1 saturated heterocycles. The topological polar surface area (TPSA) is 108 Å². The minimum atomic E-state index is -2.45. The number of nitrogens with one attached hydrogen (secondary N) is 1. The van der Waals surface area contributed by atoms with Crippen molar-refractivity contribution >= 4 is 23.2 Å². The van der Waals surface area contributed by atoms with Gasteiger partial charge in [-0.25, -0.2) is 9.11 Å². The SMILES string of the molecule is NC[C@H]1CN(c2ccc(CNS(=O)[O-])c(F)c2)C(C=O)O1. The minimum Gasteiger partial charge on any atom is -0.760 e. The zero-order valence-electron chi connectivity index (χ0n) is 11.0. The molecule has 1 aliphatic rings. The lowest BCUT2D eigenvalue weighted by Gasteiger charge is -2.21. The maximum Gasteiger partial charge on any atom is 0.187 e. The van der Waals surface area contributed by atoms with E-state index in [4.69, 9.17) is 10.5 Å². The Morgan fingerprint density at radius 2 is 2.38 bits per heavy atom. The molecule has 0 saturated carbocycles. The molecule has 1 heterocycles. The van der Waals surface area contributed by atoms with Gasteiger partial charge < -0.3 is 19.9 Å². The molecule has 3 N–H and O–H groups in total. The van der Waals surface area contributed by atoms with Gasteiger partial charge in [-0.15, -0.1) is 0 Å². The number of nitrogens with zero attached hydrogens (tertiary/aromatic N) is 1. The first-order chi connectivity index (χ1) is 10.0. The Morgan fingerprint density at radius 3 is 2.95 bits per heavy atom. The van der Waals surface area contributed by atoms with Crippen LogP contribution in [0.15, 0.2) is 18.2 Å². The first-order valence-electron chi connectivity index (χ1n) is 6.23. The third kappa shape index (κ3) is 3.83. The van der Waals surface area contributed by atoms with E-state index >= 15 is 0 Å². The zero-order chi connectivity index (χ0) is 15.4. The van der Waals surface area contributed by atoms with Crippen molar-refractivity contribution in [3.63, 3.8) is 0 Å². The monoisotopic (exact) mass is 316 g/mol. The van der Waals surface area contributed by atoms with E-state index in [2.05, 4.69) is 4.72 Å². The molecular formula is C12H15FN3O4S-. The van der Waals surface area contributed by atoms with Gasteiger partial charge >= 0.3 is 0 Å². The average Bonchev–Trinajstić information content (AvgIpc) is 2.89. The van der Waals surface area contributed by atoms with E-state index in [1.807, 2.05) is 0 Å². The normalized spacial score (nSPS) is 23.3. The highest BCUT2D eigenvalue weighted by Crippen LogP contribution is 2.25. The van der Waals surface area contributed by atoms with Crippen LogP contribution in [0.25, 0.3) is 0 Å². The average molecular weight is 316 g/mol. The standard InChI is InChI=1S/C12H16FN3O4S/c13-11-3-9(2-1-8(11)5-15-21(18)19)16-6-10(4-14)20-12(16)7-17/h1-3,7,10,12,15H,4-6,14H2,(H,18,19)/p-1/t10-,12?/m0/s1. The van der Waals surface area contributed by atoms with Gasteiger partial charge in [0.15, 0.2) is 12.5 Å². The number of benzene rings is 1. The van der Waals surface area contributed by atoms with E-state index in [1.54, 1.807) is 11.0 Å². The number of hydrogen-bond acceptors (Lipinski definition) is 6. The van der Waals surface area contributed by atoms with Crippen LogP contribution >= 0.6 is 0 Å². The number of ether oxygens (including phenoxy) is 1. The number of hydrogen-bond donors (Lipinski definition) is 2. The maximum atomic E-state index is 13.9. The molecule has 116 valence electrons. The van der Waals surface area contributed by atoms with Crippen LogP contribution in [-0.2, 0) is 27.3 Å². The van der Waals surface area contributed by atoms with Crippen LogP contribution in [-0.4, -0.2) is 40.5 Å². The Hall–Kier alpha value is -1.39. The van der Waals surface area contributed by atoms with E-state index in [0.29, 0.717) is 18.5 Å². The van der Waals surface area contributed by atoms with Gasteiger partial charge in [0.2, 0.25) is 0 Å². The van der Waals surface area contributed by atoms with Gasteiger partial charge in [0.05, 0.1) is 6.10 Å². The number of halogens is 1. The fourth-order valence-electron chi connectivity index (χ4n) is 2.12. The van der Waals surface area contributed by atoms with Crippen molar-refractivity contribution in [2.45, 2.75) is 18.9 Å². The molecule has 1 aliphatic heterocycles. The van der Waals surface area contributed by atoms with E-state index in [0.717, 1.165) is 0 Å². The summed E-state index contributed by atoms with van der Waals surface area (Å²) in [5.41, 5.74) is 6.19. The Bertz CT molecular complexity index is 545. The van der Waals surface area contributed by atoms with Crippen molar-refractivity contribution < 1.29 is 22.7 Å². The predicted octanol–water partition coefficient (Wildman–Crippen LogP) is -0.602. The summed E-state index contributed by atoms with van der Waals surface area (Å²) < 4.78 is 42.2. The Balaban J connectivity index is 2.15. The number of aldehydes is 1. The van der Waals surface area contributed by atoms with Crippen LogP contribution in [0.2, 0.25) is 0 Å². The van der Waals surface area contributed by atoms with Gasteiger partial charge in [0, 0.05) is 42.2 Å². The van der Waals surface area contributed by atoms with Crippen molar-refractivity contribution in [1.29, 1.82) is 0 Å². The molecule has 0 amide bonds. The quantitative estimate of drug-likeness (QED) is 0.536. The Kier molecular flexibility index (Phi) is 5.37. The smallest absolute Gasteiger partial charge is 0.187 e. The molecule has 9 heteroatoms. The highest BCUT2D eigenvalue weighted by Gasteiger charge is 2.32. The molecule has 1 aromatic rings. The molecule has 0 radical (unpaired) electrons. The molecular weight excluding hydrogens is 301 g/mol. The van der Waals surface area contributed by atoms with Gasteiger partial charge in [-0.05, 0) is 12.1 Å². The van der Waals surface area contributed by atoms with Gasteiger partial charge in [0.1, 0.15) is 5.82 Å². The molecule has 7 nitrogen and oxygen atoms in total. The summed E-state index contributed by atoms with van der Waals surface area (Å²) >= 11 is -2.45. The number of anilines is 1. The maximum absolute atomic E-state index is 13.9. The summed E-state index contributed by atoms with van der Waals surface area (Å²) in [6.45, 7) is 0.517. The fraction of sp³-hybridized carbons (Fsp3) is 0.417. The van der Waals surface area contributed by atoms with Gasteiger partial charge in [-0.3, -0.25) is 9.00 Å². The molecule has 3 atom stereocenters. The van der Waals surface area contributed by atoms with Gasteiger partial charge in [0.25, 0.3) is 0 Å². The summed E-state index contributed by atoms with van der Waals surface area (Å²) in [7, 11) is 0. The third-order valence-corrected chi connectivity index (χ3v) is 3.55. The van der Waals surface area contributed by atoms with Crippen LogP contribution in [0.1, 0.15) is 5.56 Å². The van der Waals surface area contributed by atoms with Crippen LogP contribution in [0.4, 0.5) is 10.1 Å². The zero-order valence-corrected chi connectivity index (χ0v) is 11.8. The van der Waals surface area contributed by atoms with Crippen LogP contribution in [0.3, 0.4) is 0 Å². The summed E-state index contributed by atoms with van der Waals surface area (Å²) in [6.07, 6.45) is -0.451. The number of carbonyl (C=O) groups excluding carboxylic acids is 1. The molecule has 2 unspecified atom stereocenters. The lowest BCUT2D eigenvalue weighted by molar-refractivity contribution is -0.117. The van der Waals surface area contributed by atoms with Gasteiger partial charge in [-0.2, -0.15) is 0 Å². The van der Waals surface area contributed by atoms with E-state index in [1.165, 1.54) is 12.1 Å². The van der Waals surface area contributed by atoms with Crippen molar-refractivity contribution in [2.75, 3.05) is 18.0 Å².